The normalized spacial score (nSPS) is 16.0. The third-order valence-corrected chi connectivity index (χ3v) is 5.98. The highest BCUT2D eigenvalue weighted by Gasteiger charge is 2.18. The van der Waals surface area contributed by atoms with Gasteiger partial charge < -0.3 is 25.6 Å². The Hall–Kier alpha value is -3.68. The molecule has 3 aromatic rings. The van der Waals surface area contributed by atoms with Crippen molar-refractivity contribution in [3.05, 3.63) is 83.4 Å². The molecule has 0 radical (unpaired) electrons. The molecule has 1 fully saturated rings. The Balaban J connectivity index is 1.65. The first kappa shape index (κ1) is 24.4. The topological polar surface area (TPSA) is 111 Å². The highest BCUT2D eigenvalue weighted by molar-refractivity contribution is 6.06. The summed E-state index contributed by atoms with van der Waals surface area (Å²) in [6, 6.07) is 20.1. The first-order valence-electron chi connectivity index (χ1n) is 11.8. The smallest absolute Gasteiger partial charge is 0.307 e. The minimum atomic E-state index is -0.965. The Kier molecular flexibility index (Phi) is 7.80. The van der Waals surface area contributed by atoms with Gasteiger partial charge in [0.2, 0.25) is 0 Å². The molecule has 0 spiro atoms. The van der Waals surface area contributed by atoms with E-state index >= 15 is 0 Å². The molecule has 4 rings (SSSR count). The Morgan fingerprint density at radius 3 is 2.69 bits per heavy atom. The number of carboxylic acid groups (broad SMARTS) is 1. The quantitative estimate of drug-likeness (QED) is 0.410. The summed E-state index contributed by atoms with van der Waals surface area (Å²) >= 11 is 0. The van der Waals surface area contributed by atoms with Crippen LogP contribution in [0.1, 0.15) is 47.3 Å². The number of nitrogens with one attached hydrogen (secondary N) is 1. The average molecular weight is 475 g/mol. The van der Waals surface area contributed by atoms with Gasteiger partial charge >= 0.3 is 5.97 Å². The first-order valence-corrected chi connectivity index (χ1v) is 11.8. The minimum Gasteiger partial charge on any atom is -0.491 e. The van der Waals surface area contributed by atoms with Gasteiger partial charge in [0.25, 0.3) is 5.91 Å². The molecule has 4 N–H and O–H groups in total. The van der Waals surface area contributed by atoms with Gasteiger partial charge in [-0.1, -0.05) is 36.4 Å². The average Bonchev–Trinajstić information content (AvgIpc) is 3.37. The predicted molar refractivity (Wildman–Crippen MR) is 135 cm³/mol. The standard InChI is InChI=1S/C28H30N2O5/c1-18(29)19-7-4-8-20(12-19)22-13-23(15-25(14-22)35-17-24-9-5-11-34-24)28(33)30-26-10-3-2-6-21(26)16-27(31)32/h2-4,6-8,10,12-15,18,24H,5,9,11,16-17,29H2,1H3,(H,30,33)(H,31,32). The maximum atomic E-state index is 13.3. The summed E-state index contributed by atoms with van der Waals surface area (Å²) in [5.74, 6) is -0.754. The van der Waals surface area contributed by atoms with Gasteiger partial charge in [-0.2, -0.15) is 0 Å². The second kappa shape index (κ2) is 11.2. The summed E-state index contributed by atoms with van der Waals surface area (Å²) in [4.78, 5) is 24.5. The van der Waals surface area contributed by atoms with Crippen molar-refractivity contribution in [1.82, 2.24) is 0 Å². The van der Waals surface area contributed by atoms with Crippen LogP contribution in [-0.4, -0.2) is 36.3 Å². The summed E-state index contributed by atoms with van der Waals surface area (Å²) in [5.41, 5.74) is 10.2. The van der Waals surface area contributed by atoms with Crippen molar-refractivity contribution in [1.29, 1.82) is 0 Å². The first-order chi connectivity index (χ1) is 16.9. The molecule has 1 saturated heterocycles. The van der Waals surface area contributed by atoms with E-state index in [2.05, 4.69) is 5.32 Å². The molecule has 2 unspecified atom stereocenters. The number of anilines is 1. The largest absolute Gasteiger partial charge is 0.491 e. The zero-order valence-corrected chi connectivity index (χ0v) is 19.7. The van der Waals surface area contributed by atoms with Gasteiger partial charge in [-0.25, -0.2) is 0 Å². The summed E-state index contributed by atoms with van der Waals surface area (Å²) < 4.78 is 11.7. The van der Waals surface area contributed by atoms with Crippen molar-refractivity contribution in [3.63, 3.8) is 0 Å². The van der Waals surface area contributed by atoms with E-state index in [1.165, 1.54) is 0 Å². The van der Waals surface area contributed by atoms with Gasteiger partial charge in [-0.3, -0.25) is 9.59 Å². The van der Waals surface area contributed by atoms with Crippen LogP contribution in [0.25, 0.3) is 11.1 Å². The van der Waals surface area contributed by atoms with Crippen molar-refractivity contribution >= 4 is 17.6 Å². The second-order valence-corrected chi connectivity index (χ2v) is 8.79. The molecule has 0 bridgehead atoms. The minimum absolute atomic E-state index is 0.0419. The van der Waals surface area contributed by atoms with Crippen LogP contribution in [0.15, 0.2) is 66.7 Å². The molecule has 35 heavy (non-hydrogen) atoms. The van der Waals surface area contributed by atoms with Crippen LogP contribution < -0.4 is 15.8 Å². The number of hydrogen-bond donors (Lipinski definition) is 3. The summed E-state index contributed by atoms with van der Waals surface area (Å²) in [6.45, 7) is 3.07. The molecule has 1 aliphatic rings. The number of para-hydroxylation sites is 1. The molecule has 0 aromatic heterocycles. The maximum absolute atomic E-state index is 13.3. The lowest BCUT2D eigenvalue weighted by molar-refractivity contribution is -0.136. The monoisotopic (exact) mass is 474 g/mol. The molecular weight excluding hydrogens is 444 g/mol. The maximum Gasteiger partial charge on any atom is 0.307 e. The number of aliphatic carboxylic acids is 1. The zero-order chi connectivity index (χ0) is 24.8. The zero-order valence-electron chi connectivity index (χ0n) is 19.7. The van der Waals surface area contributed by atoms with Crippen LogP contribution in [0, 0.1) is 0 Å². The van der Waals surface area contributed by atoms with Gasteiger partial charge in [0.1, 0.15) is 12.4 Å². The number of carboxylic acids is 1. The molecule has 1 aliphatic heterocycles. The van der Waals surface area contributed by atoms with E-state index in [-0.39, 0.29) is 24.5 Å². The fourth-order valence-electron chi connectivity index (χ4n) is 4.10. The van der Waals surface area contributed by atoms with Crippen molar-refractivity contribution in [2.24, 2.45) is 5.73 Å². The lowest BCUT2D eigenvalue weighted by Crippen LogP contribution is -2.17. The van der Waals surface area contributed by atoms with Crippen LogP contribution >= 0.6 is 0 Å². The summed E-state index contributed by atoms with van der Waals surface area (Å²) in [7, 11) is 0. The third-order valence-electron chi connectivity index (χ3n) is 5.98. The lowest BCUT2D eigenvalue weighted by atomic mass is 9.98. The number of carbonyl (C=O) groups excluding carboxylic acids is 1. The fourth-order valence-corrected chi connectivity index (χ4v) is 4.10. The van der Waals surface area contributed by atoms with E-state index in [4.69, 9.17) is 15.2 Å². The van der Waals surface area contributed by atoms with E-state index in [1.54, 1.807) is 36.4 Å². The van der Waals surface area contributed by atoms with E-state index in [1.807, 2.05) is 37.3 Å². The fraction of sp³-hybridized carbons (Fsp3) is 0.286. The van der Waals surface area contributed by atoms with Crippen LogP contribution in [0.2, 0.25) is 0 Å². The number of ether oxygens (including phenoxy) is 2. The number of amides is 1. The Morgan fingerprint density at radius 1 is 1.11 bits per heavy atom. The third kappa shape index (κ3) is 6.47. The molecule has 7 heteroatoms. The Morgan fingerprint density at radius 2 is 1.94 bits per heavy atom. The Bertz CT molecular complexity index is 1200. The molecule has 2 atom stereocenters. The van der Waals surface area contributed by atoms with Crippen LogP contribution in [0.4, 0.5) is 5.69 Å². The molecular formula is C28H30N2O5. The SMILES string of the molecule is CC(N)c1cccc(-c2cc(OCC3CCCO3)cc(C(=O)Nc3ccccc3CC(=O)O)c2)c1. The van der Waals surface area contributed by atoms with E-state index in [0.29, 0.717) is 29.2 Å². The Labute approximate surface area is 204 Å². The van der Waals surface area contributed by atoms with Crippen molar-refractivity contribution in [3.8, 4) is 16.9 Å². The van der Waals surface area contributed by atoms with Crippen molar-refractivity contribution < 1.29 is 24.2 Å². The molecule has 1 amide bonds. The van der Waals surface area contributed by atoms with Gasteiger partial charge in [0.05, 0.1) is 12.5 Å². The van der Waals surface area contributed by atoms with E-state index in [0.717, 1.165) is 36.1 Å². The lowest BCUT2D eigenvalue weighted by Gasteiger charge is -2.16. The van der Waals surface area contributed by atoms with Crippen molar-refractivity contribution in [2.75, 3.05) is 18.5 Å². The number of carbonyl (C=O) groups is 2. The van der Waals surface area contributed by atoms with Crippen LogP contribution in [0.3, 0.4) is 0 Å². The second-order valence-electron chi connectivity index (χ2n) is 8.79. The predicted octanol–water partition coefficient (Wildman–Crippen LogP) is 4.81. The van der Waals surface area contributed by atoms with Crippen LogP contribution in [0.5, 0.6) is 5.75 Å². The van der Waals surface area contributed by atoms with E-state index < -0.39 is 5.97 Å². The van der Waals surface area contributed by atoms with Crippen molar-refractivity contribution in [2.45, 2.75) is 38.3 Å². The van der Waals surface area contributed by atoms with Gasteiger partial charge in [-0.05, 0) is 72.4 Å². The molecule has 182 valence electrons. The van der Waals surface area contributed by atoms with E-state index in [9.17, 15) is 14.7 Å². The molecule has 3 aromatic carbocycles. The molecule has 1 heterocycles. The summed E-state index contributed by atoms with van der Waals surface area (Å²) in [6.07, 6.45) is 1.82. The number of rotatable bonds is 9. The highest BCUT2D eigenvalue weighted by Crippen LogP contribution is 2.29. The number of benzene rings is 3. The molecule has 7 nitrogen and oxygen atoms in total. The van der Waals surface area contributed by atoms with Gasteiger partial charge in [-0.15, -0.1) is 0 Å². The van der Waals surface area contributed by atoms with Crippen LogP contribution in [-0.2, 0) is 16.0 Å². The number of hydrogen-bond acceptors (Lipinski definition) is 5. The van der Waals surface area contributed by atoms with Gasteiger partial charge in [0.15, 0.2) is 0 Å². The molecule has 0 aliphatic carbocycles. The molecule has 0 saturated carbocycles. The summed E-state index contributed by atoms with van der Waals surface area (Å²) in [5, 5.41) is 12.1. The highest BCUT2D eigenvalue weighted by atomic mass is 16.5. The van der Waals surface area contributed by atoms with Gasteiger partial charge in [0, 0.05) is 23.9 Å². The number of nitrogens with two attached hydrogens (primary N) is 1.